The third kappa shape index (κ3) is 7.98. The molecule has 0 unspecified atom stereocenters. The Bertz CT molecular complexity index is 3200. The van der Waals surface area contributed by atoms with Crippen molar-refractivity contribution in [2.75, 3.05) is 36.4 Å². The van der Waals surface area contributed by atoms with E-state index in [1.165, 1.54) is 17.2 Å². The Labute approximate surface area is 436 Å². The van der Waals surface area contributed by atoms with Crippen LogP contribution in [0.25, 0.3) is 0 Å². The van der Waals surface area contributed by atoms with Gasteiger partial charge in [0.15, 0.2) is 0 Å². The van der Waals surface area contributed by atoms with E-state index < -0.39 is 58.7 Å². The van der Waals surface area contributed by atoms with Crippen LogP contribution in [0.5, 0.6) is 5.75 Å². The summed E-state index contributed by atoms with van der Waals surface area (Å²) in [4.78, 5) is 76.7. The van der Waals surface area contributed by atoms with Crippen molar-refractivity contribution in [2.24, 2.45) is 16.7 Å². The van der Waals surface area contributed by atoms with E-state index in [-0.39, 0.29) is 89.1 Å². The Morgan fingerprint density at radius 2 is 1.77 bits per heavy atom. The summed E-state index contributed by atoms with van der Waals surface area (Å²) in [6.07, 6.45) is 1.68. The van der Waals surface area contributed by atoms with Gasteiger partial charge in [-0.05, 0) is 116 Å². The van der Waals surface area contributed by atoms with Crippen molar-refractivity contribution < 1.29 is 46.3 Å². The minimum atomic E-state index is -4.70. The number of nitrogens with one attached hydrogen (secondary N) is 3. The molecule has 7 heterocycles. The second-order valence-corrected chi connectivity index (χ2v) is 23.3. The SMILES string of the molecule is C[C@@H]1CN(C(=O)[C@@H]2N[C@]3(CCCC(C)(C)C3)[C@@]3(CNc4cc(C(F)(F)F)ncc43)[C@H]2c2cccc(Cl)c2F)c2ccc(C(=O)N3CCC4(CC3)C[C@@H]4C#Cc3cccc4c3CN([C@H]3CCC(=O)NC3=O)C4=O)cc2O1. The zero-order chi connectivity index (χ0) is 52.6. The number of anilines is 2. The number of hydrogen-bond donors (Lipinski definition) is 3. The molecule has 7 atom stereocenters. The lowest BCUT2D eigenvalue weighted by Crippen LogP contribution is -2.61. The van der Waals surface area contributed by atoms with Gasteiger partial charge in [0.1, 0.15) is 29.4 Å². The molecule has 0 radical (unpaired) electrons. The number of fused-ring (bicyclic) bond motifs is 5. The average Bonchev–Trinajstić information content (AvgIpc) is 3.59. The van der Waals surface area contributed by atoms with Crippen LogP contribution in [0.15, 0.2) is 66.9 Å². The molecule has 75 heavy (non-hydrogen) atoms. The molecule has 3 aromatic carbocycles. The Balaban J connectivity index is 0.789. The first-order chi connectivity index (χ1) is 35.7. The van der Waals surface area contributed by atoms with Gasteiger partial charge in [-0.3, -0.25) is 39.6 Å². The van der Waals surface area contributed by atoms with Crippen molar-refractivity contribution in [1.82, 2.24) is 25.4 Å². The van der Waals surface area contributed by atoms with Gasteiger partial charge >= 0.3 is 6.18 Å². The quantitative estimate of drug-likeness (QED) is 0.104. The maximum absolute atomic E-state index is 16.8. The number of amides is 5. The highest BCUT2D eigenvalue weighted by Crippen LogP contribution is 2.65. The van der Waals surface area contributed by atoms with Crippen molar-refractivity contribution >= 4 is 52.5 Å². The van der Waals surface area contributed by atoms with Crippen LogP contribution in [-0.4, -0.2) is 94.2 Å². The molecule has 2 aliphatic carbocycles. The number of pyridine rings is 1. The summed E-state index contributed by atoms with van der Waals surface area (Å²) in [6, 6.07) is 14.4. The monoisotopic (exact) mass is 1050 g/mol. The largest absolute Gasteiger partial charge is 0.487 e. The first-order valence-corrected chi connectivity index (χ1v) is 26.3. The molecule has 5 fully saturated rings. The maximum Gasteiger partial charge on any atom is 0.433 e. The van der Waals surface area contributed by atoms with Gasteiger partial charge in [0.25, 0.3) is 11.8 Å². The summed E-state index contributed by atoms with van der Waals surface area (Å²) in [5, 5.41) is 9.30. The van der Waals surface area contributed by atoms with E-state index in [1.807, 2.05) is 17.9 Å². The van der Waals surface area contributed by atoms with Crippen LogP contribution >= 0.6 is 11.6 Å². The van der Waals surface area contributed by atoms with E-state index in [4.69, 9.17) is 16.3 Å². The minimum Gasteiger partial charge on any atom is -0.487 e. The van der Waals surface area contributed by atoms with Crippen molar-refractivity contribution in [1.29, 1.82) is 0 Å². The van der Waals surface area contributed by atoms with Gasteiger partial charge in [0, 0.05) is 89.5 Å². The number of carbonyl (C=O) groups excluding carboxylic acids is 5. The third-order valence-corrected chi connectivity index (χ3v) is 18.2. The van der Waals surface area contributed by atoms with E-state index in [0.29, 0.717) is 54.1 Å². The van der Waals surface area contributed by atoms with Crippen LogP contribution < -0.4 is 25.6 Å². The van der Waals surface area contributed by atoms with Gasteiger partial charge < -0.3 is 24.8 Å². The molecule has 18 heteroatoms. The molecule has 0 bridgehead atoms. The molecule has 8 aliphatic rings. The van der Waals surface area contributed by atoms with Gasteiger partial charge in [-0.25, -0.2) is 4.39 Å². The van der Waals surface area contributed by atoms with E-state index in [1.54, 1.807) is 47.4 Å². The molecule has 13 nitrogen and oxygen atoms in total. The van der Waals surface area contributed by atoms with Gasteiger partial charge in [0.05, 0.1) is 23.3 Å². The molecule has 3 saturated heterocycles. The first kappa shape index (κ1) is 49.4. The van der Waals surface area contributed by atoms with Crippen molar-refractivity contribution in [2.45, 2.75) is 126 Å². The average molecular weight is 1050 g/mol. The van der Waals surface area contributed by atoms with Crippen LogP contribution in [0, 0.1) is 34.4 Å². The van der Waals surface area contributed by atoms with E-state index in [9.17, 15) is 32.3 Å². The summed E-state index contributed by atoms with van der Waals surface area (Å²) < 4.78 is 65.6. The van der Waals surface area contributed by atoms with Crippen molar-refractivity contribution in [3.63, 3.8) is 0 Å². The lowest BCUT2D eigenvalue weighted by Gasteiger charge is -2.52. The van der Waals surface area contributed by atoms with Crippen LogP contribution in [0.4, 0.5) is 28.9 Å². The second-order valence-electron chi connectivity index (χ2n) is 22.9. The number of aromatic nitrogens is 1. The normalized spacial score (nSPS) is 29.0. The highest BCUT2D eigenvalue weighted by atomic mass is 35.5. The highest BCUT2D eigenvalue weighted by Gasteiger charge is 2.70. The molecular formula is C57H56ClF4N7O6. The van der Waals surface area contributed by atoms with Crippen molar-refractivity contribution in [3.8, 4) is 17.6 Å². The predicted octanol–water partition coefficient (Wildman–Crippen LogP) is 8.52. The number of likely N-dealkylation sites (tertiary alicyclic amines) is 1. The highest BCUT2D eigenvalue weighted by molar-refractivity contribution is 6.30. The molecular weight excluding hydrogens is 990 g/mol. The number of benzene rings is 3. The molecule has 3 spiro atoms. The maximum atomic E-state index is 16.8. The van der Waals surface area contributed by atoms with Gasteiger partial charge in [-0.15, -0.1) is 0 Å². The van der Waals surface area contributed by atoms with E-state index >= 15 is 9.18 Å². The number of alkyl halides is 3. The van der Waals surface area contributed by atoms with Gasteiger partial charge in [-0.2, -0.15) is 13.2 Å². The number of ether oxygens (including phenoxy) is 1. The molecule has 2 saturated carbocycles. The topological polar surface area (TPSA) is 153 Å². The third-order valence-electron chi connectivity index (χ3n) is 17.9. The zero-order valence-corrected chi connectivity index (χ0v) is 42.5. The standard InChI is InChI=1S/C57H56ClF4N7O6/c1-31-27-68(52(74)48-46(36-9-5-10-39(58)47(36)59)56(55(66-48)18-6-17-53(2,3)29-55)30-64-40-24-44(57(60,61)62)63-26-38(40)56)41-14-12-33(23-43(41)75-31)50(72)67-21-19-54(20-22-67)25-34(54)13-11-32-7-4-8-35-37(32)28-69(51(35)73)42-15-16-45(70)65-49(42)71/h4-5,7-10,12,14,23-24,26,31,34,42,46,48,64,66H,6,15-22,25,27-30H2,1-3H3,(H,65,70,71)/t31-,34+,42+,46+,48-,55+,56-/m1/s1. The summed E-state index contributed by atoms with van der Waals surface area (Å²) in [5.41, 5.74) is 0.417. The lowest BCUT2D eigenvalue weighted by atomic mass is 9.53. The summed E-state index contributed by atoms with van der Waals surface area (Å²) in [7, 11) is 0. The smallest absolute Gasteiger partial charge is 0.433 e. The number of nitrogens with zero attached hydrogens (tertiary/aromatic N) is 4. The Hall–Kier alpha value is -6.51. The fourth-order valence-corrected chi connectivity index (χ4v) is 14.5. The van der Waals surface area contributed by atoms with Gasteiger partial charge in [0.2, 0.25) is 17.7 Å². The van der Waals surface area contributed by atoms with Gasteiger partial charge in [-0.1, -0.05) is 61.9 Å². The minimum absolute atomic E-state index is 0.0323. The number of piperidine rings is 2. The second kappa shape index (κ2) is 17.5. The molecule has 3 N–H and O–H groups in total. The number of carbonyl (C=O) groups is 5. The van der Waals surface area contributed by atoms with Crippen LogP contribution in [0.3, 0.4) is 0 Å². The molecule has 5 amide bonds. The first-order valence-electron chi connectivity index (χ1n) is 25.9. The molecule has 6 aliphatic heterocycles. The molecule has 1 aromatic heterocycles. The van der Waals surface area contributed by atoms with Crippen LogP contribution in [-0.2, 0) is 32.5 Å². The summed E-state index contributed by atoms with van der Waals surface area (Å²) >= 11 is 6.52. The van der Waals surface area contributed by atoms with Crippen LogP contribution in [0.2, 0.25) is 5.02 Å². The molecule has 12 rings (SSSR count). The number of hydrogen-bond acceptors (Lipinski definition) is 9. The number of imide groups is 1. The lowest BCUT2D eigenvalue weighted by molar-refractivity contribution is -0.141. The fourth-order valence-electron chi connectivity index (χ4n) is 14.3. The number of rotatable bonds is 4. The zero-order valence-electron chi connectivity index (χ0n) is 41.8. The fraction of sp³-hybridized carbons (Fsp3) is 0.474. The Morgan fingerprint density at radius 3 is 2.53 bits per heavy atom. The summed E-state index contributed by atoms with van der Waals surface area (Å²) in [5.74, 6) is 4.04. The Kier molecular flexibility index (Phi) is 11.5. The predicted molar refractivity (Wildman–Crippen MR) is 269 cm³/mol. The van der Waals surface area contributed by atoms with Crippen LogP contribution in [0.1, 0.15) is 133 Å². The summed E-state index contributed by atoms with van der Waals surface area (Å²) in [6.45, 7) is 7.67. The Morgan fingerprint density at radius 1 is 0.987 bits per heavy atom. The number of halogens is 5. The molecule has 390 valence electrons. The van der Waals surface area contributed by atoms with E-state index in [2.05, 4.69) is 46.6 Å². The van der Waals surface area contributed by atoms with Crippen molar-refractivity contribution in [3.05, 3.63) is 117 Å². The van der Waals surface area contributed by atoms with E-state index in [0.717, 1.165) is 49.3 Å². The molecule has 4 aromatic rings.